The van der Waals surface area contributed by atoms with Crippen molar-refractivity contribution in [3.63, 3.8) is 0 Å². The van der Waals surface area contributed by atoms with Crippen LogP contribution in [0.2, 0.25) is 0 Å². The third-order valence-corrected chi connectivity index (χ3v) is 7.18. The SMILES string of the molecule is C=C(C)N.C=N.CCCN=C/C(=C\N)c1nc2ccc(N)c(C=N)c2c2c1CCCC2.CCOCC.C[C@@H]1C[C@H](C)CN(C=O)C1. The molecule has 10 nitrogen and oxygen atoms in total. The summed E-state index contributed by atoms with van der Waals surface area (Å²) in [6.07, 6.45) is 12.2. The van der Waals surface area contributed by atoms with E-state index >= 15 is 0 Å². The second-order valence-electron chi connectivity index (χ2n) is 11.5. The average molecular weight is 637 g/mol. The normalized spacial score (nSPS) is 17.0. The van der Waals surface area contributed by atoms with E-state index < -0.39 is 0 Å². The molecular weight excluding hydrogens is 576 g/mol. The summed E-state index contributed by atoms with van der Waals surface area (Å²) in [6, 6.07) is 3.76. The fraction of sp³-hybridized carbons (Fsp3) is 0.528. The predicted molar refractivity (Wildman–Crippen MR) is 198 cm³/mol. The van der Waals surface area contributed by atoms with Gasteiger partial charge in [-0.3, -0.25) is 9.79 Å². The molecule has 2 aromatic rings. The van der Waals surface area contributed by atoms with Gasteiger partial charge in [0.25, 0.3) is 0 Å². The zero-order valence-electron chi connectivity index (χ0n) is 29.2. The second-order valence-corrected chi connectivity index (χ2v) is 11.5. The topological polar surface area (TPSA) is 181 Å². The molecule has 0 radical (unpaired) electrons. The number of pyridine rings is 1. The summed E-state index contributed by atoms with van der Waals surface area (Å²) in [5.41, 5.74) is 24.1. The van der Waals surface area contributed by atoms with Crippen LogP contribution in [0.15, 0.2) is 35.6 Å². The van der Waals surface area contributed by atoms with Gasteiger partial charge >= 0.3 is 0 Å². The number of carbonyl (C=O) groups excluding carboxylic acids is 1. The Morgan fingerprint density at radius 2 is 1.67 bits per heavy atom. The lowest BCUT2D eigenvalue weighted by molar-refractivity contribution is -0.120. The van der Waals surface area contributed by atoms with E-state index in [1.165, 1.54) is 23.8 Å². The summed E-state index contributed by atoms with van der Waals surface area (Å²) in [5, 5.41) is 14.3. The van der Waals surface area contributed by atoms with E-state index in [2.05, 4.69) is 39.1 Å². The molecule has 0 bridgehead atoms. The van der Waals surface area contributed by atoms with Crippen LogP contribution < -0.4 is 17.2 Å². The molecule has 1 saturated heterocycles. The van der Waals surface area contributed by atoms with Crippen molar-refractivity contribution >= 4 is 47.7 Å². The van der Waals surface area contributed by atoms with Crippen LogP contribution in [-0.4, -0.2) is 68.3 Å². The molecule has 2 heterocycles. The van der Waals surface area contributed by atoms with Gasteiger partial charge in [0.05, 0.1) is 11.2 Å². The second kappa shape index (κ2) is 24.2. The third-order valence-electron chi connectivity index (χ3n) is 7.18. The molecule has 1 aromatic heterocycles. The predicted octanol–water partition coefficient (Wildman–Crippen LogP) is 6.38. The minimum atomic E-state index is 0.629. The van der Waals surface area contributed by atoms with Crippen molar-refractivity contribution < 1.29 is 9.53 Å². The van der Waals surface area contributed by atoms with Gasteiger partial charge in [0.2, 0.25) is 6.41 Å². The maximum absolute atomic E-state index is 10.4. The Kier molecular flexibility index (Phi) is 22.1. The molecule has 2 aliphatic rings. The number of nitrogens with zero attached hydrogens (tertiary/aromatic N) is 3. The van der Waals surface area contributed by atoms with Gasteiger partial charge in [-0.15, -0.1) is 0 Å². The smallest absolute Gasteiger partial charge is 0.209 e. The van der Waals surface area contributed by atoms with Crippen molar-refractivity contribution in [3.8, 4) is 0 Å². The summed E-state index contributed by atoms with van der Waals surface area (Å²) in [5.74, 6) is 1.38. The maximum atomic E-state index is 10.4. The number of carbonyl (C=O) groups is 1. The van der Waals surface area contributed by atoms with Gasteiger partial charge in [-0.05, 0) is 107 Å². The van der Waals surface area contributed by atoms with Crippen molar-refractivity contribution in [2.75, 3.05) is 38.6 Å². The van der Waals surface area contributed by atoms with Crippen LogP contribution in [0.5, 0.6) is 0 Å². The first-order valence-electron chi connectivity index (χ1n) is 16.3. The number of nitrogen functional groups attached to an aromatic ring is 1. The molecule has 1 fully saturated rings. The largest absolute Gasteiger partial charge is 0.404 e. The molecule has 0 spiro atoms. The lowest BCUT2D eigenvalue weighted by Crippen LogP contribution is -2.37. The number of piperidine rings is 1. The highest BCUT2D eigenvalue weighted by molar-refractivity contribution is 6.11. The van der Waals surface area contributed by atoms with Crippen molar-refractivity contribution in [3.05, 3.63) is 53.0 Å². The van der Waals surface area contributed by atoms with Gasteiger partial charge in [0.1, 0.15) is 0 Å². The van der Waals surface area contributed by atoms with Crippen LogP contribution in [0.1, 0.15) is 89.6 Å². The van der Waals surface area contributed by atoms with Crippen LogP contribution in [0.3, 0.4) is 0 Å². The number of ether oxygens (including phenoxy) is 1. The first-order valence-corrected chi connectivity index (χ1v) is 16.3. The molecule has 8 N–H and O–H groups in total. The van der Waals surface area contributed by atoms with Crippen LogP contribution >= 0.6 is 0 Å². The molecule has 46 heavy (non-hydrogen) atoms. The molecular formula is C36H60N8O2. The number of rotatable bonds is 8. The molecule has 2 atom stereocenters. The number of nitrogens with two attached hydrogens (primary N) is 3. The molecule has 0 saturated carbocycles. The Morgan fingerprint density at radius 3 is 2.13 bits per heavy atom. The summed E-state index contributed by atoms with van der Waals surface area (Å²) in [7, 11) is 0. The standard InChI is InChI=1S/C20H25N5.C8H15NO.C4H10O.C3H7N.CH3N/c1-2-9-24-12-13(10-21)20-15-6-4-3-5-14(15)19-16(11-22)17(23)7-8-18(19)25-20;1-7-3-8(2)5-9(4-7)6-10;1-3-5-4-2;1-3(2)4;1-2/h7-8,10-12,22H,2-6,9,21,23H2,1H3;6-8H,3-5H2,1-2H3;3-4H2,1-2H3;1,4H2,2H3;2H,1H2/b13-10+,22-11?,24-12?;;;;/t;7-,8+;;;. The fourth-order valence-electron chi connectivity index (χ4n) is 5.54. The van der Waals surface area contributed by atoms with E-state index in [-0.39, 0.29) is 0 Å². The minimum absolute atomic E-state index is 0.629. The number of benzene rings is 1. The molecule has 1 aromatic carbocycles. The summed E-state index contributed by atoms with van der Waals surface area (Å²) in [4.78, 5) is 21.6. The summed E-state index contributed by atoms with van der Waals surface area (Å²) in [6.45, 7) is 22.4. The highest BCUT2D eigenvalue weighted by Gasteiger charge is 2.22. The Labute approximate surface area is 277 Å². The van der Waals surface area contributed by atoms with E-state index in [1.807, 2.05) is 37.1 Å². The third kappa shape index (κ3) is 14.4. The van der Waals surface area contributed by atoms with Gasteiger partial charge < -0.3 is 37.7 Å². The van der Waals surface area contributed by atoms with Gasteiger partial charge in [-0.2, -0.15) is 0 Å². The van der Waals surface area contributed by atoms with Crippen molar-refractivity contribution in [2.24, 2.45) is 28.3 Å². The monoisotopic (exact) mass is 636 g/mol. The number of allylic oxidation sites excluding steroid dienone is 2. The van der Waals surface area contributed by atoms with Crippen LogP contribution in [0.25, 0.3) is 16.5 Å². The molecule has 1 aliphatic heterocycles. The molecule has 0 unspecified atom stereocenters. The van der Waals surface area contributed by atoms with Gasteiger partial charge in [0.15, 0.2) is 0 Å². The number of aliphatic imine (C=N–C) groups is 1. The number of aromatic nitrogens is 1. The highest BCUT2D eigenvalue weighted by atomic mass is 16.5. The quantitative estimate of drug-likeness (QED) is 0.127. The number of anilines is 1. The van der Waals surface area contributed by atoms with E-state index in [1.54, 1.807) is 13.1 Å². The molecule has 256 valence electrons. The number of aryl methyl sites for hydroxylation is 1. The minimum Gasteiger partial charge on any atom is -0.404 e. The van der Waals surface area contributed by atoms with E-state index in [0.29, 0.717) is 23.2 Å². The summed E-state index contributed by atoms with van der Waals surface area (Å²) >= 11 is 0. The zero-order valence-corrected chi connectivity index (χ0v) is 29.2. The van der Waals surface area contributed by atoms with Crippen molar-refractivity contribution in [1.29, 1.82) is 10.8 Å². The number of hydrogen-bond donors (Lipinski definition) is 5. The van der Waals surface area contributed by atoms with Crippen molar-refractivity contribution in [1.82, 2.24) is 9.88 Å². The van der Waals surface area contributed by atoms with Gasteiger partial charge in [-0.1, -0.05) is 27.4 Å². The van der Waals surface area contributed by atoms with Gasteiger partial charge in [0, 0.05) is 73.7 Å². The van der Waals surface area contributed by atoms with E-state index in [4.69, 9.17) is 37.7 Å². The average Bonchev–Trinajstić information content (AvgIpc) is 3.04. The number of amides is 1. The molecule has 10 heteroatoms. The van der Waals surface area contributed by atoms with Crippen LogP contribution in [-0.2, 0) is 22.4 Å². The van der Waals surface area contributed by atoms with Crippen LogP contribution in [0, 0.1) is 22.7 Å². The Balaban J connectivity index is 0.000000790. The summed E-state index contributed by atoms with van der Waals surface area (Å²) < 4.78 is 4.83. The Bertz CT molecular complexity index is 1260. The Hall–Kier alpha value is -4.05. The molecule has 4 rings (SSSR count). The number of nitrogens with one attached hydrogen (secondary N) is 2. The zero-order chi connectivity index (χ0) is 35.1. The van der Waals surface area contributed by atoms with E-state index in [9.17, 15) is 4.79 Å². The Morgan fingerprint density at radius 1 is 1.11 bits per heavy atom. The highest BCUT2D eigenvalue weighted by Crippen LogP contribution is 2.35. The lowest BCUT2D eigenvalue weighted by atomic mass is 9.85. The van der Waals surface area contributed by atoms with Crippen molar-refractivity contribution in [2.45, 2.75) is 80.1 Å². The van der Waals surface area contributed by atoms with E-state index in [0.717, 1.165) is 99.1 Å². The lowest BCUT2D eigenvalue weighted by Gasteiger charge is -2.32. The molecule has 1 aliphatic carbocycles. The fourth-order valence-corrected chi connectivity index (χ4v) is 5.54. The number of fused-ring (bicyclic) bond motifs is 3. The van der Waals surface area contributed by atoms with Gasteiger partial charge in [-0.25, -0.2) is 4.98 Å². The maximum Gasteiger partial charge on any atom is 0.209 e. The van der Waals surface area contributed by atoms with Crippen LogP contribution in [0.4, 0.5) is 5.69 Å². The first kappa shape index (κ1) is 42.0. The number of hydrogen-bond acceptors (Lipinski definition) is 9. The number of likely N-dealkylation sites (tertiary alicyclic amines) is 1. The molecule has 1 amide bonds. The first-order chi connectivity index (χ1) is 22.1.